The van der Waals surface area contributed by atoms with Gasteiger partial charge in [0.2, 0.25) is 3.79 Å². The summed E-state index contributed by atoms with van der Waals surface area (Å²) in [5.41, 5.74) is 1.40. The van der Waals surface area contributed by atoms with Crippen LogP contribution in [0, 0.1) is 12.3 Å². The van der Waals surface area contributed by atoms with E-state index in [0.29, 0.717) is 5.56 Å². The summed E-state index contributed by atoms with van der Waals surface area (Å²) in [7, 11) is 0. The Labute approximate surface area is 78.9 Å². The van der Waals surface area contributed by atoms with Gasteiger partial charge >= 0.3 is 0 Å². The molecule has 0 spiro atoms. The van der Waals surface area contributed by atoms with Crippen molar-refractivity contribution in [2.45, 2.75) is 0 Å². The van der Waals surface area contributed by atoms with Crippen molar-refractivity contribution in [3.05, 3.63) is 35.4 Å². The molecule has 1 aromatic rings. The van der Waals surface area contributed by atoms with Crippen molar-refractivity contribution >= 4 is 26.4 Å². The maximum Gasteiger partial charge on any atom is 0.222 e. The Hall–Kier alpha value is -0.820. The van der Waals surface area contributed by atoms with Crippen LogP contribution in [0.5, 0.6) is 0 Å². The maximum absolute atomic E-state index is 10.8. The Morgan fingerprint density at radius 2 is 2.27 bits per heavy atom. The third-order valence-electron chi connectivity index (χ3n) is 1.26. The monoisotopic (exact) mass is 256 g/mol. The van der Waals surface area contributed by atoms with Crippen LogP contribution in [0.3, 0.4) is 0 Å². The van der Waals surface area contributed by atoms with E-state index in [4.69, 9.17) is 6.42 Å². The number of rotatable bonds is 1. The largest absolute Gasteiger partial charge is 0.282 e. The SMILES string of the molecule is C#Cc1cccc(C(=O)I)c1. The average molecular weight is 256 g/mol. The van der Waals surface area contributed by atoms with Crippen molar-refractivity contribution in [2.75, 3.05) is 0 Å². The van der Waals surface area contributed by atoms with Crippen LogP contribution in [0.15, 0.2) is 24.3 Å². The number of hydrogen-bond acceptors (Lipinski definition) is 1. The van der Waals surface area contributed by atoms with Gasteiger partial charge in [-0.3, -0.25) is 4.79 Å². The van der Waals surface area contributed by atoms with Crippen LogP contribution in [0.25, 0.3) is 0 Å². The minimum absolute atomic E-state index is 0.0136. The Morgan fingerprint density at radius 3 is 2.82 bits per heavy atom. The molecule has 0 N–H and O–H groups in total. The molecule has 1 nitrogen and oxygen atoms in total. The second kappa shape index (κ2) is 3.54. The summed E-state index contributed by atoms with van der Waals surface area (Å²) in [5.74, 6) is 2.47. The lowest BCUT2D eigenvalue weighted by Crippen LogP contribution is -1.87. The molecule has 0 fully saturated rings. The zero-order valence-corrected chi connectivity index (χ0v) is 7.83. The summed E-state index contributed by atoms with van der Waals surface area (Å²) in [4.78, 5) is 10.8. The molecule has 1 rings (SSSR count). The predicted octanol–water partition coefficient (Wildman–Crippen LogP) is 2.24. The normalized spacial score (nSPS) is 8.73. The molecule has 0 bridgehead atoms. The third-order valence-corrected chi connectivity index (χ3v) is 1.88. The van der Waals surface area contributed by atoms with Gasteiger partial charge in [-0.1, -0.05) is 18.1 Å². The number of terminal acetylenes is 1. The highest BCUT2D eigenvalue weighted by atomic mass is 127. The van der Waals surface area contributed by atoms with Gasteiger partial charge in [0.25, 0.3) is 0 Å². The van der Waals surface area contributed by atoms with Crippen LogP contribution in [-0.2, 0) is 0 Å². The van der Waals surface area contributed by atoms with Crippen molar-refractivity contribution in [3.63, 3.8) is 0 Å². The van der Waals surface area contributed by atoms with E-state index in [1.807, 2.05) is 0 Å². The van der Waals surface area contributed by atoms with Crippen molar-refractivity contribution in [3.8, 4) is 12.3 Å². The third kappa shape index (κ3) is 2.05. The molecule has 0 aliphatic rings. The Bertz CT molecular complexity index is 323. The summed E-state index contributed by atoms with van der Waals surface area (Å²) in [6.45, 7) is 0. The van der Waals surface area contributed by atoms with Gasteiger partial charge in [-0.2, -0.15) is 0 Å². The Balaban J connectivity index is 3.13. The van der Waals surface area contributed by atoms with Crippen molar-refractivity contribution in [2.24, 2.45) is 0 Å². The summed E-state index contributed by atoms with van der Waals surface area (Å²) >= 11 is 1.73. The predicted molar refractivity (Wildman–Crippen MR) is 52.7 cm³/mol. The minimum Gasteiger partial charge on any atom is -0.282 e. The first-order chi connectivity index (χ1) is 5.24. The van der Waals surface area contributed by atoms with Gasteiger partial charge in [-0.25, -0.2) is 0 Å². The minimum atomic E-state index is 0.0136. The van der Waals surface area contributed by atoms with E-state index in [9.17, 15) is 4.79 Å². The van der Waals surface area contributed by atoms with Gasteiger partial charge in [-0.15, -0.1) is 6.42 Å². The van der Waals surface area contributed by atoms with E-state index in [1.54, 1.807) is 46.9 Å². The van der Waals surface area contributed by atoms with Crippen LogP contribution >= 0.6 is 22.6 Å². The number of benzene rings is 1. The lowest BCUT2D eigenvalue weighted by Gasteiger charge is -1.93. The zero-order chi connectivity index (χ0) is 8.27. The number of carbonyl (C=O) groups is 1. The van der Waals surface area contributed by atoms with Crippen molar-refractivity contribution in [1.82, 2.24) is 0 Å². The van der Waals surface area contributed by atoms with Gasteiger partial charge < -0.3 is 0 Å². The van der Waals surface area contributed by atoms with E-state index in [1.165, 1.54) is 0 Å². The first kappa shape index (κ1) is 8.28. The molecule has 0 amide bonds. The van der Waals surface area contributed by atoms with E-state index < -0.39 is 0 Å². The second-order valence-electron chi connectivity index (χ2n) is 2.00. The maximum atomic E-state index is 10.8. The molecular formula is C9H5IO. The highest BCUT2D eigenvalue weighted by Crippen LogP contribution is 2.07. The fourth-order valence-electron chi connectivity index (χ4n) is 0.731. The summed E-state index contributed by atoms with van der Waals surface area (Å²) < 4.78 is 0.0136. The Kier molecular flexibility index (Phi) is 2.66. The van der Waals surface area contributed by atoms with E-state index >= 15 is 0 Å². The van der Waals surface area contributed by atoms with Crippen LogP contribution in [0.2, 0.25) is 0 Å². The fraction of sp³-hybridized carbons (Fsp3) is 0. The van der Waals surface area contributed by atoms with Crippen LogP contribution in [-0.4, -0.2) is 3.79 Å². The molecular weight excluding hydrogens is 251 g/mol. The highest BCUT2D eigenvalue weighted by molar-refractivity contribution is 14.1. The van der Waals surface area contributed by atoms with E-state index in [0.717, 1.165) is 5.56 Å². The fourth-order valence-corrected chi connectivity index (χ4v) is 1.07. The molecule has 0 aliphatic heterocycles. The average Bonchev–Trinajstić information content (AvgIpc) is 2.05. The first-order valence-corrected chi connectivity index (χ1v) is 4.08. The summed E-state index contributed by atoms with van der Waals surface area (Å²) in [6.07, 6.45) is 5.16. The molecule has 11 heavy (non-hydrogen) atoms. The van der Waals surface area contributed by atoms with Crippen molar-refractivity contribution in [1.29, 1.82) is 0 Å². The van der Waals surface area contributed by atoms with Gasteiger partial charge in [0, 0.05) is 33.7 Å². The summed E-state index contributed by atoms with van der Waals surface area (Å²) in [6, 6.07) is 7.02. The molecule has 0 radical (unpaired) electrons. The van der Waals surface area contributed by atoms with Crippen LogP contribution in [0.4, 0.5) is 0 Å². The highest BCUT2D eigenvalue weighted by Gasteiger charge is 1.99. The molecule has 0 heterocycles. The molecule has 0 atom stereocenters. The van der Waals surface area contributed by atoms with Crippen LogP contribution < -0.4 is 0 Å². The van der Waals surface area contributed by atoms with Gasteiger partial charge in [0.1, 0.15) is 0 Å². The molecule has 0 aliphatic carbocycles. The van der Waals surface area contributed by atoms with E-state index in [2.05, 4.69) is 5.92 Å². The number of halogens is 1. The molecule has 0 aromatic heterocycles. The van der Waals surface area contributed by atoms with Gasteiger partial charge in [-0.05, 0) is 12.1 Å². The standard InChI is InChI=1S/C9H5IO/c1-2-7-4-3-5-8(6-7)9(10)11/h1,3-6H. The topological polar surface area (TPSA) is 17.1 Å². The zero-order valence-electron chi connectivity index (χ0n) is 5.67. The lowest BCUT2D eigenvalue weighted by atomic mass is 10.1. The molecule has 2 heteroatoms. The first-order valence-electron chi connectivity index (χ1n) is 3.00. The quantitative estimate of drug-likeness (QED) is 0.428. The Morgan fingerprint density at radius 1 is 1.55 bits per heavy atom. The summed E-state index contributed by atoms with van der Waals surface area (Å²) in [5, 5.41) is 0. The molecule has 54 valence electrons. The van der Waals surface area contributed by atoms with Gasteiger partial charge in [0.05, 0.1) is 0 Å². The van der Waals surface area contributed by atoms with Crippen LogP contribution in [0.1, 0.15) is 15.9 Å². The molecule has 1 aromatic carbocycles. The molecule has 0 unspecified atom stereocenters. The number of hydrogen-bond donors (Lipinski definition) is 0. The van der Waals surface area contributed by atoms with E-state index in [-0.39, 0.29) is 3.79 Å². The molecule has 0 saturated heterocycles. The lowest BCUT2D eigenvalue weighted by molar-refractivity contribution is 0.110. The van der Waals surface area contributed by atoms with Gasteiger partial charge in [0.15, 0.2) is 0 Å². The van der Waals surface area contributed by atoms with Crippen molar-refractivity contribution < 1.29 is 4.79 Å². The molecule has 0 saturated carbocycles. The number of carbonyl (C=O) groups excluding carboxylic acids is 1. The smallest absolute Gasteiger partial charge is 0.222 e. The second-order valence-corrected chi connectivity index (χ2v) is 2.98.